The molecular weight excluding hydrogens is 316 g/mol. The van der Waals surface area contributed by atoms with Gasteiger partial charge in [0.1, 0.15) is 0 Å². The maximum atomic E-state index is 13.5. The molecule has 0 spiro atoms. The smallest absolute Gasteiger partial charge is 0.344 e. The molecule has 0 N–H and O–H groups in total. The van der Waals surface area contributed by atoms with Crippen molar-refractivity contribution in [2.75, 3.05) is 21.1 Å². The first-order valence-electron chi connectivity index (χ1n) is 6.44. The third-order valence-electron chi connectivity index (χ3n) is 2.93. The largest absolute Gasteiger partial charge is 0.416 e. The third-order valence-corrected chi connectivity index (χ3v) is 2.93. The van der Waals surface area contributed by atoms with Gasteiger partial charge in [-0.25, -0.2) is 18.6 Å². The van der Waals surface area contributed by atoms with Crippen LogP contribution in [0.1, 0.15) is 10.4 Å². The molecule has 8 heteroatoms. The van der Waals surface area contributed by atoms with Crippen LogP contribution in [0.5, 0.6) is 5.75 Å². The van der Waals surface area contributed by atoms with Gasteiger partial charge in [0.15, 0.2) is 11.6 Å². The van der Waals surface area contributed by atoms with Crippen LogP contribution < -0.4 is 9.22 Å². The van der Waals surface area contributed by atoms with E-state index in [1.807, 2.05) is 0 Å². The van der Waals surface area contributed by atoms with Crippen LogP contribution in [-0.2, 0) is 0 Å². The van der Waals surface area contributed by atoms with Gasteiger partial charge in [-0.05, 0) is 6.07 Å². The first-order chi connectivity index (χ1) is 10.6. The van der Waals surface area contributed by atoms with E-state index in [4.69, 9.17) is 0 Å². The Bertz CT molecular complexity index is 747. The van der Waals surface area contributed by atoms with Gasteiger partial charge in [0.05, 0.1) is 26.7 Å². The maximum absolute atomic E-state index is 13.5. The Hall–Kier alpha value is -2.48. The van der Waals surface area contributed by atoms with Gasteiger partial charge in [-0.1, -0.05) is 0 Å². The summed E-state index contributed by atoms with van der Waals surface area (Å²) in [6.07, 6.45) is 1.31. The van der Waals surface area contributed by atoms with Crippen molar-refractivity contribution in [3.05, 3.63) is 53.2 Å². The molecule has 0 bridgehead atoms. The second kappa shape index (κ2) is 5.96. The lowest BCUT2D eigenvalue weighted by atomic mass is 10.2. The Labute approximate surface area is 129 Å². The van der Waals surface area contributed by atoms with E-state index in [2.05, 4.69) is 9.72 Å². The molecule has 0 aliphatic carbocycles. The molecule has 4 nitrogen and oxygen atoms in total. The van der Waals surface area contributed by atoms with Crippen LogP contribution in [0.4, 0.5) is 23.4 Å². The number of pyridine rings is 1. The standard InChI is InChI=1S/C15H13F4N2O2/c1-21(2,3)11-6-8(4-5-20-11)15(22)23-14-12(18)9(16)7-10(17)13(14)19/h4-7H,1-3H3/q+1. The molecule has 1 aromatic carbocycles. The zero-order valence-corrected chi connectivity index (χ0v) is 12.5. The van der Waals surface area contributed by atoms with Gasteiger partial charge < -0.3 is 4.74 Å². The Balaban J connectivity index is 2.38. The van der Waals surface area contributed by atoms with E-state index in [0.717, 1.165) is 0 Å². The molecule has 0 amide bonds. The highest BCUT2D eigenvalue weighted by Gasteiger charge is 2.24. The van der Waals surface area contributed by atoms with Crippen molar-refractivity contribution >= 4 is 11.8 Å². The zero-order chi connectivity index (χ0) is 17.4. The van der Waals surface area contributed by atoms with E-state index in [0.29, 0.717) is 5.82 Å². The van der Waals surface area contributed by atoms with Crippen LogP contribution >= 0.6 is 0 Å². The highest BCUT2D eigenvalue weighted by molar-refractivity contribution is 5.91. The van der Waals surface area contributed by atoms with Crippen molar-refractivity contribution in [1.82, 2.24) is 9.47 Å². The van der Waals surface area contributed by atoms with Gasteiger partial charge in [0, 0.05) is 18.3 Å². The van der Waals surface area contributed by atoms with Gasteiger partial charge in [0.2, 0.25) is 23.2 Å². The number of hydrogen-bond donors (Lipinski definition) is 0. The van der Waals surface area contributed by atoms with Crippen molar-refractivity contribution in [3.8, 4) is 5.75 Å². The van der Waals surface area contributed by atoms with Crippen molar-refractivity contribution < 1.29 is 27.1 Å². The average Bonchev–Trinajstić information content (AvgIpc) is 2.48. The molecule has 122 valence electrons. The van der Waals surface area contributed by atoms with Crippen LogP contribution in [0.3, 0.4) is 0 Å². The average molecular weight is 329 g/mol. The minimum atomic E-state index is -1.78. The Morgan fingerprint density at radius 2 is 1.61 bits per heavy atom. The number of esters is 1. The molecule has 2 aromatic rings. The number of benzene rings is 1. The van der Waals surface area contributed by atoms with E-state index < -0.39 is 35.0 Å². The highest BCUT2D eigenvalue weighted by Crippen LogP contribution is 2.27. The Kier molecular flexibility index (Phi) is 4.37. The molecule has 0 radical (unpaired) electrons. The van der Waals surface area contributed by atoms with Crippen molar-refractivity contribution in [1.29, 1.82) is 0 Å². The summed E-state index contributed by atoms with van der Waals surface area (Å²) in [7, 11) is 5.37. The summed E-state index contributed by atoms with van der Waals surface area (Å²) in [5.74, 6) is -8.98. The van der Waals surface area contributed by atoms with Crippen molar-refractivity contribution in [3.63, 3.8) is 0 Å². The molecule has 1 aromatic heterocycles. The number of aromatic nitrogens is 1. The predicted octanol–water partition coefficient (Wildman–Crippen LogP) is 3.05. The SMILES string of the molecule is C[N+](C)(C)c1cc(C(=O)Oc2c(F)c(F)cc(F)c2F)ccn1. The molecule has 0 unspecified atom stereocenters. The number of quaternary nitrogens is 1. The fourth-order valence-electron chi connectivity index (χ4n) is 1.70. The minimum Gasteiger partial charge on any atom is -0.416 e. The number of carbonyl (C=O) groups is 1. The van der Waals surface area contributed by atoms with Gasteiger partial charge in [-0.15, -0.1) is 0 Å². The molecule has 0 aliphatic rings. The summed E-state index contributed by atoms with van der Waals surface area (Å²) in [6.45, 7) is 0. The van der Waals surface area contributed by atoms with Crippen molar-refractivity contribution in [2.45, 2.75) is 0 Å². The topological polar surface area (TPSA) is 39.2 Å². The summed E-state index contributed by atoms with van der Waals surface area (Å²) >= 11 is 0. The fourth-order valence-corrected chi connectivity index (χ4v) is 1.70. The third kappa shape index (κ3) is 3.48. The number of hydrogen-bond acceptors (Lipinski definition) is 3. The van der Waals surface area contributed by atoms with Crippen LogP contribution in [0.15, 0.2) is 24.4 Å². The number of carbonyl (C=O) groups excluding carboxylic acids is 1. The molecule has 0 atom stereocenters. The van der Waals surface area contributed by atoms with Crippen LogP contribution in [0, 0.1) is 23.3 Å². The number of halogens is 4. The Morgan fingerprint density at radius 3 is 2.13 bits per heavy atom. The van der Waals surface area contributed by atoms with Crippen LogP contribution in [-0.4, -0.2) is 32.1 Å². The first-order valence-corrected chi connectivity index (χ1v) is 6.44. The Morgan fingerprint density at radius 1 is 1.04 bits per heavy atom. The van der Waals surface area contributed by atoms with E-state index in [-0.39, 0.29) is 16.1 Å². The fraction of sp³-hybridized carbons (Fsp3) is 0.200. The lowest BCUT2D eigenvalue weighted by Crippen LogP contribution is -2.35. The molecule has 0 saturated heterocycles. The molecule has 1 heterocycles. The second-order valence-electron chi connectivity index (χ2n) is 5.60. The molecule has 0 aliphatic heterocycles. The van der Waals surface area contributed by atoms with Gasteiger partial charge in [-0.2, -0.15) is 8.78 Å². The van der Waals surface area contributed by atoms with Gasteiger partial charge >= 0.3 is 5.97 Å². The summed E-state index contributed by atoms with van der Waals surface area (Å²) in [5.41, 5.74) is -0.0634. The summed E-state index contributed by atoms with van der Waals surface area (Å²) in [6, 6.07) is 2.64. The lowest BCUT2D eigenvalue weighted by Gasteiger charge is -2.21. The van der Waals surface area contributed by atoms with Crippen LogP contribution in [0.25, 0.3) is 0 Å². The number of nitrogens with zero attached hydrogens (tertiary/aromatic N) is 2. The molecule has 0 fully saturated rings. The van der Waals surface area contributed by atoms with Crippen LogP contribution in [0.2, 0.25) is 0 Å². The number of ether oxygens (including phenoxy) is 1. The zero-order valence-electron chi connectivity index (χ0n) is 12.5. The molecular formula is C15H13F4N2O2+. The predicted molar refractivity (Wildman–Crippen MR) is 75.0 cm³/mol. The van der Waals surface area contributed by atoms with E-state index in [9.17, 15) is 22.4 Å². The maximum Gasteiger partial charge on any atom is 0.344 e. The molecule has 23 heavy (non-hydrogen) atoms. The van der Waals surface area contributed by atoms with E-state index >= 15 is 0 Å². The lowest BCUT2D eigenvalue weighted by molar-refractivity contribution is 0.0717. The first kappa shape index (κ1) is 16.9. The van der Waals surface area contributed by atoms with E-state index in [1.54, 1.807) is 21.1 Å². The second-order valence-corrected chi connectivity index (χ2v) is 5.60. The normalized spacial score (nSPS) is 11.4. The quantitative estimate of drug-likeness (QED) is 0.286. The number of rotatable bonds is 3. The van der Waals surface area contributed by atoms with Crippen molar-refractivity contribution in [2.24, 2.45) is 0 Å². The van der Waals surface area contributed by atoms with Gasteiger partial charge in [-0.3, -0.25) is 4.48 Å². The summed E-state index contributed by atoms with van der Waals surface area (Å²) < 4.78 is 58.0. The van der Waals surface area contributed by atoms with E-state index in [1.165, 1.54) is 18.3 Å². The molecule has 2 rings (SSSR count). The summed E-state index contributed by atoms with van der Waals surface area (Å²) in [5, 5.41) is 0. The highest BCUT2D eigenvalue weighted by atomic mass is 19.2. The monoisotopic (exact) mass is 329 g/mol. The minimum absolute atomic E-state index is 0.0314. The summed E-state index contributed by atoms with van der Waals surface area (Å²) in [4.78, 5) is 16.0. The van der Waals surface area contributed by atoms with Gasteiger partial charge in [0.25, 0.3) is 0 Å². The molecule has 0 saturated carbocycles.